The smallest absolute Gasteiger partial charge is 0.0748 e. The maximum atomic E-state index is 5.62. The van der Waals surface area contributed by atoms with Crippen molar-refractivity contribution in [3.63, 3.8) is 0 Å². The first-order valence-electron chi connectivity index (χ1n) is 6.27. The van der Waals surface area contributed by atoms with Gasteiger partial charge < -0.3 is 10.1 Å². The third-order valence-electron chi connectivity index (χ3n) is 3.33. The molecule has 3 rings (SSSR count). The van der Waals surface area contributed by atoms with Crippen LogP contribution in [0.15, 0.2) is 42.5 Å². The number of ether oxygens (including phenoxy) is 1. The van der Waals surface area contributed by atoms with Gasteiger partial charge in [0.05, 0.1) is 6.10 Å². The lowest BCUT2D eigenvalue weighted by molar-refractivity contribution is 0.120. The van der Waals surface area contributed by atoms with E-state index in [0.29, 0.717) is 6.10 Å². The molecular formula is C15H17NO. The number of fused-ring (bicyclic) bond motifs is 1. The summed E-state index contributed by atoms with van der Waals surface area (Å²) < 4.78 is 5.62. The average Bonchev–Trinajstić information content (AvgIpc) is 2.89. The second-order valence-electron chi connectivity index (χ2n) is 4.54. The van der Waals surface area contributed by atoms with E-state index in [-0.39, 0.29) is 0 Å². The first kappa shape index (κ1) is 10.6. The molecule has 2 aromatic rings. The van der Waals surface area contributed by atoms with Crippen LogP contribution in [0, 0.1) is 0 Å². The molecule has 1 fully saturated rings. The van der Waals surface area contributed by atoms with Crippen LogP contribution < -0.4 is 5.32 Å². The molecule has 0 aromatic heterocycles. The van der Waals surface area contributed by atoms with Gasteiger partial charge in [-0.05, 0) is 24.3 Å². The Labute approximate surface area is 102 Å². The minimum absolute atomic E-state index is 0.383. The molecule has 0 spiro atoms. The maximum Gasteiger partial charge on any atom is 0.0748 e. The molecule has 1 aliphatic rings. The Balaban J connectivity index is 1.79. The number of benzene rings is 2. The first-order chi connectivity index (χ1) is 8.43. The summed E-state index contributed by atoms with van der Waals surface area (Å²) in [5.74, 6) is 0. The van der Waals surface area contributed by atoms with Gasteiger partial charge in [-0.25, -0.2) is 0 Å². The van der Waals surface area contributed by atoms with Crippen LogP contribution in [-0.2, 0) is 4.74 Å². The zero-order valence-electron chi connectivity index (χ0n) is 9.86. The Bertz CT molecular complexity index is 498. The van der Waals surface area contributed by atoms with Gasteiger partial charge in [0.25, 0.3) is 0 Å². The van der Waals surface area contributed by atoms with Crippen LogP contribution in [0.1, 0.15) is 12.8 Å². The summed E-state index contributed by atoms with van der Waals surface area (Å²) in [6.45, 7) is 1.83. The van der Waals surface area contributed by atoms with Crippen molar-refractivity contribution in [1.82, 2.24) is 0 Å². The molecule has 1 atom stereocenters. The molecule has 17 heavy (non-hydrogen) atoms. The summed E-state index contributed by atoms with van der Waals surface area (Å²) >= 11 is 0. The highest BCUT2D eigenvalue weighted by atomic mass is 16.5. The van der Waals surface area contributed by atoms with Crippen molar-refractivity contribution in [2.45, 2.75) is 18.9 Å². The van der Waals surface area contributed by atoms with E-state index in [2.05, 4.69) is 47.8 Å². The van der Waals surface area contributed by atoms with Crippen molar-refractivity contribution in [3.8, 4) is 0 Å². The van der Waals surface area contributed by atoms with Gasteiger partial charge in [-0.1, -0.05) is 36.4 Å². The highest BCUT2D eigenvalue weighted by Crippen LogP contribution is 2.23. The van der Waals surface area contributed by atoms with Gasteiger partial charge in [0.1, 0.15) is 0 Å². The number of nitrogens with one attached hydrogen (secondary N) is 1. The van der Waals surface area contributed by atoms with Gasteiger partial charge in [-0.3, -0.25) is 0 Å². The van der Waals surface area contributed by atoms with Crippen molar-refractivity contribution in [2.24, 2.45) is 0 Å². The highest BCUT2D eigenvalue weighted by Gasteiger charge is 2.14. The monoisotopic (exact) mass is 227 g/mol. The number of anilines is 1. The lowest BCUT2D eigenvalue weighted by atomic mass is 10.1. The van der Waals surface area contributed by atoms with Crippen molar-refractivity contribution >= 4 is 16.5 Å². The fourth-order valence-electron chi connectivity index (χ4n) is 2.41. The van der Waals surface area contributed by atoms with Crippen LogP contribution in [-0.4, -0.2) is 19.3 Å². The third-order valence-corrected chi connectivity index (χ3v) is 3.33. The lowest BCUT2D eigenvalue weighted by Gasteiger charge is -2.13. The van der Waals surface area contributed by atoms with E-state index in [1.165, 1.54) is 29.3 Å². The fourth-order valence-corrected chi connectivity index (χ4v) is 2.41. The molecule has 1 heterocycles. The van der Waals surface area contributed by atoms with Crippen molar-refractivity contribution in [3.05, 3.63) is 42.5 Å². The van der Waals surface area contributed by atoms with E-state index in [1.807, 2.05) is 0 Å². The Hall–Kier alpha value is -1.54. The number of hydrogen-bond acceptors (Lipinski definition) is 2. The predicted octanol–water partition coefficient (Wildman–Crippen LogP) is 3.43. The molecule has 1 N–H and O–H groups in total. The average molecular weight is 227 g/mol. The molecular weight excluding hydrogens is 210 g/mol. The van der Waals surface area contributed by atoms with Crippen molar-refractivity contribution < 1.29 is 4.74 Å². The molecule has 1 unspecified atom stereocenters. The molecule has 0 aliphatic carbocycles. The normalized spacial score (nSPS) is 19.6. The number of rotatable bonds is 3. The van der Waals surface area contributed by atoms with E-state index in [1.54, 1.807) is 0 Å². The lowest BCUT2D eigenvalue weighted by Crippen LogP contribution is -2.18. The van der Waals surface area contributed by atoms with Gasteiger partial charge in [0.15, 0.2) is 0 Å². The van der Waals surface area contributed by atoms with Gasteiger partial charge in [0, 0.05) is 24.2 Å². The largest absolute Gasteiger partial charge is 0.382 e. The van der Waals surface area contributed by atoms with Crippen molar-refractivity contribution in [2.75, 3.05) is 18.5 Å². The van der Waals surface area contributed by atoms with E-state index in [4.69, 9.17) is 4.74 Å². The second kappa shape index (κ2) is 4.76. The van der Waals surface area contributed by atoms with Crippen LogP contribution >= 0.6 is 0 Å². The fraction of sp³-hybridized carbons (Fsp3) is 0.333. The van der Waals surface area contributed by atoms with Gasteiger partial charge in [0.2, 0.25) is 0 Å². The summed E-state index contributed by atoms with van der Waals surface area (Å²) in [5.41, 5.74) is 1.21. The molecule has 88 valence electrons. The molecule has 2 nitrogen and oxygen atoms in total. The Kier molecular flexibility index (Phi) is 2.97. The van der Waals surface area contributed by atoms with E-state index in [9.17, 15) is 0 Å². The van der Waals surface area contributed by atoms with Crippen LogP contribution in [0.25, 0.3) is 10.8 Å². The molecule has 2 aromatic carbocycles. The van der Waals surface area contributed by atoms with Gasteiger partial charge >= 0.3 is 0 Å². The molecule has 0 saturated carbocycles. The molecule has 0 radical (unpaired) electrons. The number of hydrogen-bond donors (Lipinski definition) is 1. The predicted molar refractivity (Wildman–Crippen MR) is 71.4 cm³/mol. The van der Waals surface area contributed by atoms with Crippen LogP contribution in [0.4, 0.5) is 5.69 Å². The SMILES string of the molecule is c1ccc2c(NCC3CCCO3)cccc2c1. The zero-order valence-corrected chi connectivity index (χ0v) is 9.86. The summed E-state index contributed by atoms with van der Waals surface area (Å²) in [6, 6.07) is 14.8. The molecule has 1 saturated heterocycles. The molecule has 0 amide bonds. The summed E-state index contributed by atoms with van der Waals surface area (Å²) in [7, 11) is 0. The van der Waals surface area contributed by atoms with Gasteiger partial charge in [-0.2, -0.15) is 0 Å². The van der Waals surface area contributed by atoms with Crippen LogP contribution in [0.2, 0.25) is 0 Å². The second-order valence-corrected chi connectivity index (χ2v) is 4.54. The molecule has 1 aliphatic heterocycles. The van der Waals surface area contributed by atoms with Crippen molar-refractivity contribution in [1.29, 1.82) is 0 Å². The van der Waals surface area contributed by atoms with E-state index >= 15 is 0 Å². The van der Waals surface area contributed by atoms with E-state index in [0.717, 1.165) is 13.2 Å². The summed E-state index contributed by atoms with van der Waals surface area (Å²) in [6.07, 6.45) is 2.76. The summed E-state index contributed by atoms with van der Waals surface area (Å²) in [4.78, 5) is 0. The topological polar surface area (TPSA) is 21.3 Å². The van der Waals surface area contributed by atoms with Crippen LogP contribution in [0.3, 0.4) is 0 Å². The maximum absolute atomic E-state index is 5.62. The highest BCUT2D eigenvalue weighted by molar-refractivity contribution is 5.93. The first-order valence-corrected chi connectivity index (χ1v) is 6.27. The van der Waals surface area contributed by atoms with Gasteiger partial charge in [-0.15, -0.1) is 0 Å². The van der Waals surface area contributed by atoms with Crippen LogP contribution in [0.5, 0.6) is 0 Å². The third kappa shape index (κ3) is 2.27. The minimum Gasteiger partial charge on any atom is -0.382 e. The van der Waals surface area contributed by atoms with E-state index < -0.39 is 0 Å². The Morgan fingerprint density at radius 3 is 2.88 bits per heavy atom. The quantitative estimate of drug-likeness (QED) is 0.867. The zero-order chi connectivity index (χ0) is 11.5. The Morgan fingerprint density at radius 2 is 2.00 bits per heavy atom. The minimum atomic E-state index is 0.383. The molecule has 0 bridgehead atoms. The summed E-state index contributed by atoms with van der Waals surface area (Å²) in [5, 5.41) is 6.07. The Morgan fingerprint density at radius 1 is 1.12 bits per heavy atom. The molecule has 2 heteroatoms. The standard InChI is InChI=1S/C15H17NO/c1-2-8-14-12(5-1)6-3-9-15(14)16-11-13-7-4-10-17-13/h1-3,5-6,8-9,13,16H,4,7,10-11H2.